The second kappa shape index (κ2) is 8.71. The fraction of sp³-hybridized carbons (Fsp3) is 0.200. The maximum absolute atomic E-state index is 12.1. The van der Waals surface area contributed by atoms with Crippen LogP contribution in [0.1, 0.15) is 15.9 Å². The summed E-state index contributed by atoms with van der Waals surface area (Å²) in [6.07, 6.45) is 3.07. The summed E-state index contributed by atoms with van der Waals surface area (Å²) in [5.41, 5.74) is 1.89. The first-order chi connectivity index (χ1) is 12.4. The van der Waals surface area contributed by atoms with Crippen LogP contribution in [-0.4, -0.2) is 45.0 Å². The molecule has 0 bridgehead atoms. The second-order valence-electron chi connectivity index (χ2n) is 5.71. The number of anilines is 1. The standard InChI is InChI=1S/C20H22N2O4/c1-22(2)20(24)14-5-8-16(9-6-14)21-19(23)12-7-15-13-17(25-3)10-11-18(15)26-4/h5-13H,1-4H3,(H,21,23)/b12-7+. The monoisotopic (exact) mass is 354 g/mol. The first-order valence-corrected chi connectivity index (χ1v) is 7.97. The zero-order chi connectivity index (χ0) is 19.1. The van der Waals surface area contributed by atoms with E-state index in [1.807, 2.05) is 0 Å². The molecule has 2 aromatic carbocycles. The molecule has 0 atom stereocenters. The van der Waals surface area contributed by atoms with Gasteiger partial charge in [-0.1, -0.05) is 0 Å². The van der Waals surface area contributed by atoms with Crippen LogP contribution in [0.4, 0.5) is 5.69 Å². The molecule has 2 amide bonds. The van der Waals surface area contributed by atoms with Crippen molar-refractivity contribution in [2.24, 2.45) is 0 Å². The highest BCUT2D eigenvalue weighted by Gasteiger charge is 2.08. The van der Waals surface area contributed by atoms with Crippen molar-refractivity contribution in [1.29, 1.82) is 0 Å². The van der Waals surface area contributed by atoms with E-state index in [9.17, 15) is 9.59 Å². The van der Waals surface area contributed by atoms with Gasteiger partial charge in [0.05, 0.1) is 14.2 Å². The van der Waals surface area contributed by atoms with E-state index in [0.717, 1.165) is 5.56 Å². The van der Waals surface area contributed by atoms with E-state index in [2.05, 4.69) is 5.32 Å². The van der Waals surface area contributed by atoms with Crippen molar-refractivity contribution in [1.82, 2.24) is 4.90 Å². The zero-order valence-corrected chi connectivity index (χ0v) is 15.3. The molecule has 1 N–H and O–H groups in total. The van der Waals surface area contributed by atoms with Gasteiger partial charge in [-0.2, -0.15) is 0 Å². The van der Waals surface area contributed by atoms with Crippen LogP contribution in [0.15, 0.2) is 48.5 Å². The molecule has 0 fully saturated rings. The molecule has 0 saturated heterocycles. The molecule has 136 valence electrons. The number of hydrogen-bond acceptors (Lipinski definition) is 4. The molecule has 0 unspecified atom stereocenters. The van der Waals surface area contributed by atoms with Crippen LogP contribution in [-0.2, 0) is 4.79 Å². The van der Waals surface area contributed by atoms with Gasteiger partial charge in [-0.15, -0.1) is 0 Å². The Balaban J connectivity index is 2.07. The van der Waals surface area contributed by atoms with Crippen molar-refractivity contribution in [3.05, 3.63) is 59.7 Å². The molecule has 0 aliphatic heterocycles. The molecule has 0 aliphatic carbocycles. The van der Waals surface area contributed by atoms with E-state index in [1.165, 1.54) is 11.0 Å². The number of ether oxygens (including phenoxy) is 2. The van der Waals surface area contributed by atoms with Gasteiger partial charge in [0.25, 0.3) is 5.91 Å². The van der Waals surface area contributed by atoms with Gasteiger partial charge in [0.2, 0.25) is 5.91 Å². The molecule has 0 heterocycles. The minimum Gasteiger partial charge on any atom is -0.497 e. The van der Waals surface area contributed by atoms with Gasteiger partial charge in [-0.05, 0) is 48.5 Å². The molecule has 2 aromatic rings. The lowest BCUT2D eigenvalue weighted by molar-refractivity contribution is -0.111. The number of benzene rings is 2. The number of rotatable bonds is 6. The highest BCUT2D eigenvalue weighted by Crippen LogP contribution is 2.25. The van der Waals surface area contributed by atoms with Crippen LogP contribution < -0.4 is 14.8 Å². The number of carbonyl (C=O) groups is 2. The Kier molecular flexibility index (Phi) is 6.38. The predicted octanol–water partition coefficient (Wildman–Crippen LogP) is 3.06. The van der Waals surface area contributed by atoms with E-state index in [-0.39, 0.29) is 11.8 Å². The number of nitrogens with one attached hydrogen (secondary N) is 1. The molecule has 26 heavy (non-hydrogen) atoms. The average molecular weight is 354 g/mol. The molecule has 0 radical (unpaired) electrons. The highest BCUT2D eigenvalue weighted by atomic mass is 16.5. The van der Waals surface area contributed by atoms with Crippen molar-refractivity contribution in [2.45, 2.75) is 0 Å². The Morgan fingerprint density at radius 2 is 1.69 bits per heavy atom. The number of nitrogens with zero attached hydrogens (tertiary/aromatic N) is 1. The first-order valence-electron chi connectivity index (χ1n) is 7.97. The summed E-state index contributed by atoms with van der Waals surface area (Å²) in [6.45, 7) is 0. The number of carbonyl (C=O) groups excluding carboxylic acids is 2. The summed E-state index contributed by atoms with van der Waals surface area (Å²) in [4.78, 5) is 25.5. The summed E-state index contributed by atoms with van der Waals surface area (Å²) < 4.78 is 10.5. The third kappa shape index (κ3) is 4.86. The maximum atomic E-state index is 12.1. The van der Waals surface area contributed by atoms with E-state index in [4.69, 9.17) is 9.47 Å². The number of methoxy groups -OCH3 is 2. The van der Waals surface area contributed by atoms with Gasteiger partial charge in [-0.3, -0.25) is 9.59 Å². The quantitative estimate of drug-likeness (QED) is 0.810. The zero-order valence-electron chi connectivity index (χ0n) is 15.3. The second-order valence-corrected chi connectivity index (χ2v) is 5.71. The molecule has 0 aliphatic rings. The molecular weight excluding hydrogens is 332 g/mol. The van der Waals surface area contributed by atoms with Crippen molar-refractivity contribution >= 4 is 23.6 Å². The van der Waals surface area contributed by atoms with E-state index < -0.39 is 0 Å². The van der Waals surface area contributed by atoms with Crippen molar-refractivity contribution in [3.8, 4) is 11.5 Å². The maximum Gasteiger partial charge on any atom is 0.253 e. The van der Waals surface area contributed by atoms with Crippen LogP contribution in [0.3, 0.4) is 0 Å². The van der Waals surface area contributed by atoms with Gasteiger partial charge in [0.1, 0.15) is 11.5 Å². The van der Waals surface area contributed by atoms with Crippen LogP contribution in [0.2, 0.25) is 0 Å². The lowest BCUT2D eigenvalue weighted by atomic mass is 10.1. The Hall–Kier alpha value is -3.28. The largest absolute Gasteiger partial charge is 0.497 e. The molecule has 6 nitrogen and oxygen atoms in total. The van der Waals surface area contributed by atoms with Crippen molar-refractivity contribution < 1.29 is 19.1 Å². The molecular formula is C20H22N2O4. The minimum atomic E-state index is -0.290. The van der Waals surface area contributed by atoms with Gasteiger partial charge in [0.15, 0.2) is 0 Å². The predicted molar refractivity (Wildman–Crippen MR) is 102 cm³/mol. The van der Waals surface area contributed by atoms with E-state index in [0.29, 0.717) is 22.7 Å². The summed E-state index contributed by atoms with van der Waals surface area (Å²) in [7, 11) is 6.52. The summed E-state index contributed by atoms with van der Waals surface area (Å²) in [5, 5.41) is 2.75. The van der Waals surface area contributed by atoms with Gasteiger partial charge in [-0.25, -0.2) is 0 Å². The van der Waals surface area contributed by atoms with E-state index in [1.54, 1.807) is 76.9 Å². The topological polar surface area (TPSA) is 67.9 Å². The number of amides is 2. The van der Waals surface area contributed by atoms with Crippen molar-refractivity contribution in [3.63, 3.8) is 0 Å². The third-order valence-electron chi connectivity index (χ3n) is 3.66. The SMILES string of the molecule is COc1ccc(OC)c(/C=C/C(=O)Nc2ccc(C(=O)N(C)C)cc2)c1. The van der Waals surface area contributed by atoms with E-state index >= 15 is 0 Å². The van der Waals surface area contributed by atoms with Crippen LogP contribution in [0.5, 0.6) is 11.5 Å². The molecule has 2 rings (SSSR count). The summed E-state index contributed by atoms with van der Waals surface area (Å²) in [5.74, 6) is 0.933. The third-order valence-corrected chi connectivity index (χ3v) is 3.66. The summed E-state index contributed by atoms with van der Waals surface area (Å²) in [6, 6.07) is 12.1. The van der Waals surface area contributed by atoms with Crippen molar-refractivity contribution in [2.75, 3.05) is 33.6 Å². The fourth-order valence-corrected chi connectivity index (χ4v) is 2.27. The van der Waals surface area contributed by atoms with Crippen LogP contribution in [0.25, 0.3) is 6.08 Å². The fourth-order valence-electron chi connectivity index (χ4n) is 2.27. The van der Waals surface area contributed by atoms with Gasteiger partial charge < -0.3 is 19.7 Å². The molecule has 0 aromatic heterocycles. The summed E-state index contributed by atoms with van der Waals surface area (Å²) >= 11 is 0. The molecule has 6 heteroatoms. The Morgan fingerprint density at radius 1 is 1.00 bits per heavy atom. The normalized spacial score (nSPS) is 10.5. The lowest BCUT2D eigenvalue weighted by Crippen LogP contribution is -2.21. The molecule has 0 spiro atoms. The molecule has 0 saturated carbocycles. The van der Waals surface area contributed by atoms with Crippen LogP contribution in [0, 0.1) is 0 Å². The van der Waals surface area contributed by atoms with Crippen LogP contribution >= 0.6 is 0 Å². The highest BCUT2D eigenvalue weighted by molar-refractivity contribution is 6.02. The Bertz CT molecular complexity index is 811. The average Bonchev–Trinajstić information content (AvgIpc) is 2.66. The number of hydrogen-bond donors (Lipinski definition) is 1. The smallest absolute Gasteiger partial charge is 0.253 e. The Labute approximate surface area is 153 Å². The minimum absolute atomic E-state index is 0.0899. The Morgan fingerprint density at radius 3 is 2.27 bits per heavy atom. The lowest BCUT2D eigenvalue weighted by Gasteiger charge is -2.10. The van der Waals surface area contributed by atoms with Gasteiger partial charge >= 0.3 is 0 Å². The van der Waals surface area contributed by atoms with Gasteiger partial charge in [0, 0.05) is 37.0 Å². The first kappa shape index (κ1) is 19.1.